The van der Waals surface area contributed by atoms with Gasteiger partial charge in [-0.1, -0.05) is 0 Å². The number of hydrogen-bond acceptors (Lipinski definition) is 4. The molecule has 0 atom stereocenters. The van der Waals surface area contributed by atoms with Crippen LogP contribution in [0.4, 0.5) is 9.18 Å². The van der Waals surface area contributed by atoms with Gasteiger partial charge in [0.2, 0.25) is 0 Å². The SMILES string of the molecule is CN1CCC(OC(=O)Oc2ccc(F)cc2)CC1. The highest BCUT2D eigenvalue weighted by atomic mass is 19.1. The summed E-state index contributed by atoms with van der Waals surface area (Å²) in [6, 6.07) is 5.26. The van der Waals surface area contributed by atoms with Gasteiger partial charge >= 0.3 is 6.16 Å². The number of carbonyl (C=O) groups is 1. The minimum Gasteiger partial charge on any atom is -0.431 e. The second-order valence-electron chi connectivity index (χ2n) is 4.43. The zero-order valence-electron chi connectivity index (χ0n) is 10.3. The molecule has 0 bridgehead atoms. The molecule has 1 saturated heterocycles. The Morgan fingerprint density at radius 1 is 1.28 bits per heavy atom. The van der Waals surface area contributed by atoms with Gasteiger partial charge in [-0.25, -0.2) is 9.18 Å². The molecule has 5 heteroatoms. The average molecular weight is 253 g/mol. The molecule has 1 aromatic rings. The molecule has 0 N–H and O–H groups in total. The van der Waals surface area contributed by atoms with Crippen molar-refractivity contribution in [1.29, 1.82) is 0 Å². The van der Waals surface area contributed by atoms with E-state index in [1.54, 1.807) is 0 Å². The van der Waals surface area contributed by atoms with Gasteiger partial charge < -0.3 is 14.4 Å². The highest BCUT2D eigenvalue weighted by Gasteiger charge is 2.21. The first kappa shape index (κ1) is 12.8. The van der Waals surface area contributed by atoms with Crippen molar-refractivity contribution in [2.75, 3.05) is 20.1 Å². The lowest BCUT2D eigenvalue weighted by atomic mass is 10.1. The fourth-order valence-electron chi connectivity index (χ4n) is 1.86. The molecule has 4 nitrogen and oxygen atoms in total. The summed E-state index contributed by atoms with van der Waals surface area (Å²) in [7, 11) is 2.03. The fourth-order valence-corrected chi connectivity index (χ4v) is 1.86. The van der Waals surface area contributed by atoms with Crippen LogP contribution in [0.2, 0.25) is 0 Å². The van der Waals surface area contributed by atoms with Crippen molar-refractivity contribution in [1.82, 2.24) is 4.90 Å². The minimum atomic E-state index is -0.726. The summed E-state index contributed by atoms with van der Waals surface area (Å²) in [4.78, 5) is 13.7. The van der Waals surface area contributed by atoms with Crippen LogP contribution in [0.1, 0.15) is 12.8 Å². The number of carbonyl (C=O) groups excluding carboxylic acids is 1. The van der Waals surface area contributed by atoms with Crippen LogP contribution in [-0.4, -0.2) is 37.3 Å². The fraction of sp³-hybridized carbons (Fsp3) is 0.462. The van der Waals surface area contributed by atoms with Crippen molar-refractivity contribution in [2.45, 2.75) is 18.9 Å². The Hall–Kier alpha value is -1.62. The first-order valence-corrected chi connectivity index (χ1v) is 5.96. The highest BCUT2D eigenvalue weighted by molar-refractivity contribution is 5.63. The van der Waals surface area contributed by atoms with Crippen molar-refractivity contribution in [3.8, 4) is 5.75 Å². The molecule has 0 radical (unpaired) electrons. The Labute approximate surface area is 105 Å². The second-order valence-corrected chi connectivity index (χ2v) is 4.43. The Bertz CT molecular complexity index is 399. The normalized spacial score (nSPS) is 17.4. The number of rotatable bonds is 2. The quantitative estimate of drug-likeness (QED) is 0.599. The van der Waals surface area contributed by atoms with E-state index in [0.717, 1.165) is 25.9 Å². The van der Waals surface area contributed by atoms with E-state index < -0.39 is 6.16 Å². The Kier molecular flexibility index (Phi) is 4.15. The van der Waals surface area contributed by atoms with Crippen molar-refractivity contribution in [2.24, 2.45) is 0 Å². The van der Waals surface area contributed by atoms with Gasteiger partial charge in [0.15, 0.2) is 0 Å². The molecular formula is C13H16FNO3. The molecular weight excluding hydrogens is 237 g/mol. The van der Waals surface area contributed by atoms with Crippen molar-refractivity contribution < 1.29 is 18.7 Å². The summed E-state index contributed by atoms with van der Waals surface area (Å²) in [5.41, 5.74) is 0. The van der Waals surface area contributed by atoms with Crippen LogP contribution in [0.3, 0.4) is 0 Å². The molecule has 1 aliphatic rings. The molecule has 0 spiro atoms. The topological polar surface area (TPSA) is 38.8 Å². The number of ether oxygens (including phenoxy) is 2. The second kappa shape index (κ2) is 5.82. The summed E-state index contributed by atoms with van der Waals surface area (Å²) < 4.78 is 22.8. The first-order chi connectivity index (χ1) is 8.63. The van der Waals surface area contributed by atoms with Crippen molar-refractivity contribution in [3.63, 3.8) is 0 Å². The van der Waals surface area contributed by atoms with E-state index in [0.29, 0.717) is 0 Å². The van der Waals surface area contributed by atoms with Gasteiger partial charge in [0.05, 0.1) is 0 Å². The number of piperidine rings is 1. The third-order valence-corrected chi connectivity index (χ3v) is 2.94. The Morgan fingerprint density at radius 3 is 2.50 bits per heavy atom. The van der Waals surface area contributed by atoms with Crippen LogP contribution in [-0.2, 0) is 4.74 Å². The minimum absolute atomic E-state index is 0.0888. The van der Waals surface area contributed by atoms with Crippen LogP contribution in [0.25, 0.3) is 0 Å². The lowest BCUT2D eigenvalue weighted by molar-refractivity contribution is 0.0291. The third-order valence-electron chi connectivity index (χ3n) is 2.94. The van der Waals surface area contributed by atoms with Gasteiger partial charge in [0.1, 0.15) is 17.7 Å². The van der Waals surface area contributed by atoms with Crippen molar-refractivity contribution >= 4 is 6.16 Å². The van der Waals surface area contributed by atoms with E-state index in [-0.39, 0.29) is 17.7 Å². The highest BCUT2D eigenvalue weighted by Crippen LogP contribution is 2.15. The molecule has 0 unspecified atom stereocenters. The molecule has 0 amide bonds. The van der Waals surface area contributed by atoms with Gasteiger partial charge in [-0.05, 0) is 44.2 Å². The molecule has 0 saturated carbocycles. The van der Waals surface area contributed by atoms with E-state index in [1.165, 1.54) is 24.3 Å². The van der Waals surface area contributed by atoms with E-state index >= 15 is 0 Å². The van der Waals surface area contributed by atoms with Crippen LogP contribution >= 0.6 is 0 Å². The number of hydrogen-bond donors (Lipinski definition) is 0. The number of nitrogens with zero attached hydrogens (tertiary/aromatic N) is 1. The van der Waals surface area contributed by atoms with Crippen LogP contribution in [0.15, 0.2) is 24.3 Å². The Morgan fingerprint density at radius 2 is 1.89 bits per heavy atom. The molecule has 1 heterocycles. The summed E-state index contributed by atoms with van der Waals surface area (Å²) in [5.74, 6) is -0.0830. The summed E-state index contributed by atoms with van der Waals surface area (Å²) >= 11 is 0. The van der Waals surface area contributed by atoms with Crippen LogP contribution < -0.4 is 4.74 Å². The number of halogens is 1. The summed E-state index contributed by atoms with van der Waals surface area (Å²) in [6.07, 6.45) is 0.814. The smallest absolute Gasteiger partial charge is 0.431 e. The average Bonchev–Trinajstić information content (AvgIpc) is 2.35. The zero-order valence-corrected chi connectivity index (χ0v) is 10.3. The van der Waals surface area contributed by atoms with E-state index in [1.807, 2.05) is 7.05 Å². The zero-order chi connectivity index (χ0) is 13.0. The number of likely N-dealkylation sites (tertiary alicyclic amines) is 1. The van der Waals surface area contributed by atoms with Crippen LogP contribution in [0.5, 0.6) is 5.75 Å². The number of benzene rings is 1. The standard InChI is InChI=1S/C13H16FNO3/c1-15-8-6-12(7-9-15)18-13(16)17-11-4-2-10(14)3-5-11/h2-5,12H,6-9H2,1H3. The molecule has 0 aliphatic carbocycles. The van der Waals surface area contributed by atoms with Crippen LogP contribution in [0, 0.1) is 5.82 Å². The maximum absolute atomic E-state index is 12.7. The lowest BCUT2D eigenvalue weighted by Crippen LogP contribution is -2.35. The van der Waals surface area contributed by atoms with E-state index in [9.17, 15) is 9.18 Å². The molecule has 0 aromatic heterocycles. The van der Waals surface area contributed by atoms with E-state index in [4.69, 9.17) is 9.47 Å². The summed E-state index contributed by atoms with van der Waals surface area (Å²) in [5, 5.41) is 0. The van der Waals surface area contributed by atoms with E-state index in [2.05, 4.69) is 4.90 Å². The predicted molar refractivity (Wildman–Crippen MR) is 64.0 cm³/mol. The van der Waals surface area contributed by atoms with Gasteiger partial charge in [-0.2, -0.15) is 0 Å². The molecule has 98 valence electrons. The molecule has 1 aliphatic heterocycles. The first-order valence-electron chi connectivity index (χ1n) is 5.96. The van der Waals surface area contributed by atoms with Gasteiger partial charge in [0, 0.05) is 13.1 Å². The maximum Gasteiger partial charge on any atom is 0.514 e. The predicted octanol–water partition coefficient (Wildman–Crippen LogP) is 2.44. The lowest BCUT2D eigenvalue weighted by Gasteiger charge is -2.28. The summed E-state index contributed by atoms with van der Waals surface area (Å²) in [6.45, 7) is 1.82. The van der Waals surface area contributed by atoms with Gasteiger partial charge in [-0.3, -0.25) is 0 Å². The van der Waals surface area contributed by atoms with Crippen molar-refractivity contribution in [3.05, 3.63) is 30.1 Å². The third kappa shape index (κ3) is 3.70. The molecule has 2 rings (SSSR count). The van der Waals surface area contributed by atoms with Gasteiger partial charge in [0.25, 0.3) is 0 Å². The largest absolute Gasteiger partial charge is 0.514 e. The molecule has 1 aromatic carbocycles. The maximum atomic E-state index is 12.7. The Balaban J connectivity index is 1.80. The monoisotopic (exact) mass is 253 g/mol. The van der Waals surface area contributed by atoms with Gasteiger partial charge in [-0.15, -0.1) is 0 Å². The molecule has 1 fully saturated rings. The molecule has 18 heavy (non-hydrogen) atoms.